The standard InChI is InChI=1S/C15H20N2O4/c1-11(18)16-9-2-10-17-14(19)8-5-12-3-6-13(7-4-12)15(20)21/h3-4,6-7H,2,5,8-10H2,1H3,(H,16,18)(H,17,19)(H,20,21). The largest absolute Gasteiger partial charge is 0.478 e. The van der Waals surface area contributed by atoms with Crippen molar-refractivity contribution in [3.05, 3.63) is 35.4 Å². The van der Waals surface area contributed by atoms with Crippen molar-refractivity contribution in [2.75, 3.05) is 13.1 Å². The van der Waals surface area contributed by atoms with E-state index >= 15 is 0 Å². The molecule has 1 rings (SSSR count). The smallest absolute Gasteiger partial charge is 0.335 e. The Balaban J connectivity index is 2.20. The van der Waals surface area contributed by atoms with E-state index in [-0.39, 0.29) is 17.4 Å². The Hall–Kier alpha value is -2.37. The molecule has 0 atom stereocenters. The highest BCUT2D eigenvalue weighted by Gasteiger charge is 2.04. The summed E-state index contributed by atoms with van der Waals surface area (Å²) in [6.45, 7) is 2.53. The van der Waals surface area contributed by atoms with Crippen LogP contribution in [0.15, 0.2) is 24.3 Å². The van der Waals surface area contributed by atoms with Crippen LogP contribution in [0.25, 0.3) is 0 Å². The summed E-state index contributed by atoms with van der Waals surface area (Å²) in [6, 6.07) is 6.49. The fourth-order valence-corrected chi connectivity index (χ4v) is 1.74. The second-order valence-corrected chi connectivity index (χ2v) is 4.69. The zero-order valence-corrected chi connectivity index (χ0v) is 12.0. The summed E-state index contributed by atoms with van der Waals surface area (Å²) in [5, 5.41) is 14.2. The number of carbonyl (C=O) groups is 3. The SMILES string of the molecule is CC(=O)NCCCNC(=O)CCc1ccc(C(=O)O)cc1. The lowest BCUT2D eigenvalue weighted by Crippen LogP contribution is -2.28. The summed E-state index contributed by atoms with van der Waals surface area (Å²) in [4.78, 5) is 32.9. The van der Waals surface area contributed by atoms with Gasteiger partial charge >= 0.3 is 5.97 Å². The van der Waals surface area contributed by atoms with Gasteiger partial charge in [-0.2, -0.15) is 0 Å². The van der Waals surface area contributed by atoms with Crippen LogP contribution >= 0.6 is 0 Å². The van der Waals surface area contributed by atoms with E-state index in [0.29, 0.717) is 32.4 Å². The molecule has 2 amide bonds. The molecule has 0 aliphatic rings. The molecule has 3 N–H and O–H groups in total. The number of rotatable bonds is 8. The van der Waals surface area contributed by atoms with Crippen molar-refractivity contribution in [1.29, 1.82) is 0 Å². The molecule has 6 heteroatoms. The predicted octanol–water partition coefficient (Wildman–Crippen LogP) is 0.960. The van der Waals surface area contributed by atoms with Gasteiger partial charge in [-0.3, -0.25) is 9.59 Å². The van der Waals surface area contributed by atoms with E-state index in [4.69, 9.17) is 5.11 Å². The molecule has 0 bridgehead atoms. The number of hydrogen-bond acceptors (Lipinski definition) is 3. The van der Waals surface area contributed by atoms with Crippen molar-refractivity contribution in [2.24, 2.45) is 0 Å². The van der Waals surface area contributed by atoms with Gasteiger partial charge < -0.3 is 15.7 Å². The summed E-state index contributed by atoms with van der Waals surface area (Å²) in [5.41, 5.74) is 1.16. The molecule has 0 heterocycles. The normalized spacial score (nSPS) is 9.95. The predicted molar refractivity (Wildman–Crippen MR) is 78.0 cm³/mol. The molecule has 1 aromatic carbocycles. The number of aryl methyl sites for hydroxylation is 1. The monoisotopic (exact) mass is 292 g/mol. The van der Waals surface area contributed by atoms with Crippen molar-refractivity contribution >= 4 is 17.8 Å². The van der Waals surface area contributed by atoms with Gasteiger partial charge in [0.05, 0.1) is 5.56 Å². The topological polar surface area (TPSA) is 95.5 Å². The second kappa shape index (κ2) is 8.73. The highest BCUT2D eigenvalue weighted by molar-refractivity contribution is 5.87. The molecule has 0 fully saturated rings. The van der Waals surface area contributed by atoms with Crippen LogP contribution in [0, 0.1) is 0 Å². The van der Waals surface area contributed by atoms with Gasteiger partial charge in [0, 0.05) is 26.4 Å². The minimum Gasteiger partial charge on any atom is -0.478 e. The highest BCUT2D eigenvalue weighted by atomic mass is 16.4. The molecule has 0 aliphatic carbocycles. The fraction of sp³-hybridized carbons (Fsp3) is 0.400. The van der Waals surface area contributed by atoms with Gasteiger partial charge in [-0.25, -0.2) is 4.79 Å². The molecule has 114 valence electrons. The van der Waals surface area contributed by atoms with Gasteiger partial charge in [0.25, 0.3) is 0 Å². The Labute approximate surface area is 123 Å². The quantitative estimate of drug-likeness (QED) is 0.622. The lowest BCUT2D eigenvalue weighted by Gasteiger charge is -2.06. The van der Waals surface area contributed by atoms with Gasteiger partial charge in [0.2, 0.25) is 11.8 Å². The van der Waals surface area contributed by atoms with Gasteiger partial charge in [-0.1, -0.05) is 12.1 Å². The van der Waals surface area contributed by atoms with Crippen molar-refractivity contribution in [2.45, 2.75) is 26.2 Å². The van der Waals surface area contributed by atoms with Crippen LogP contribution in [0.1, 0.15) is 35.7 Å². The first-order valence-corrected chi connectivity index (χ1v) is 6.82. The molecule has 0 spiro atoms. The number of benzene rings is 1. The third-order valence-electron chi connectivity index (χ3n) is 2.89. The molecule has 0 saturated heterocycles. The van der Waals surface area contributed by atoms with Crippen molar-refractivity contribution in [3.8, 4) is 0 Å². The Kier molecular flexibility index (Phi) is 6.94. The number of aromatic carboxylic acids is 1. The van der Waals surface area contributed by atoms with E-state index in [1.807, 2.05) is 0 Å². The number of carboxylic acid groups (broad SMARTS) is 1. The summed E-state index contributed by atoms with van der Waals surface area (Å²) in [5.74, 6) is -1.09. The highest BCUT2D eigenvalue weighted by Crippen LogP contribution is 2.06. The summed E-state index contributed by atoms with van der Waals surface area (Å²) in [7, 11) is 0. The van der Waals surface area contributed by atoms with Gasteiger partial charge in [-0.15, -0.1) is 0 Å². The number of carboxylic acids is 1. The molecule has 1 aromatic rings. The van der Waals surface area contributed by atoms with Crippen molar-refractivity contribution in [3.63, 3.8) is 0 Å². The lowest BCUT2D eigenvalue weighted by atomic mass is 10.1. The number of carbonyl (C=O) groups excluding carboxylic acids is 2. The van der Waals surface area contributed by atoms with E-state index in [9.17, 15) is 14.4 Å². The third-order valence-corrected chi connectivity index (χ3v) is 2.89. The van der Waals surface area contributed by atoms with Gasteiger partial charge in [0.1, 0.15) is 0 Å². The number of hydrogen-bond donors (Lipinski definition) is 3. The Morgan fingerprint density at radius 2 is 1.67 bits per heavy atom. The first-order chi connectivity index (χ1) is 9.99. The van der Waals surface area contributed by atoms with E-state index in [1.165, 1.54) is 19.1 Å². The molecule has 0 aliphatic heterocycles. The average Bonchev–Trinajstić information content (AvgIpc) is 2.44. The Morgan fingerprint density at radius 1 is 1.05 bits per heavy atom. The Bertz CT molecular complexity index is 497. The van der Waals surface area contributed by atoms with Crippen LogP contribution in [0.5, 0.6) is 0 Å². The van der Waals surface area contributed by atoms with Crippen LogP contribution in [0.3, 0.4) is 0 Å². The molecule has 0 saturated carbocycles. The summed E-state index contributed by atoms with van der Waals surface area (Å²) in [6.07, 6.45) is 1.61. The average molecular weight is 292 g/mol. The number of nitrogens with one attached hydrogen (secondary N) is 2. The maximum Gasteiger partial charge on any atom is 0.335 e. The van der Waals surface area contributed by atoms with Gasteiger partial charge in [-0.05, 0) is 30.5 Å². The minimum atomic E-state index is -0.960. The zero-order chi connectivity index (χ0) is 15.7. The first kappa shape index (κ1) is 16.7. The molecule has 0 unspecified atom stereocenters. The summed E-state index contributed by atoms with van der Waals surface area (Å²) >= 11 is 0. The molecule has 0 aromatic heterocycles. The van der Waals surface area contributed by atoms with Crippen LogP contribution in [0.2, 0.25) is 0 Å². The second-order valence-electron chi connectivity index (χ2n) is 4.69. The van der Waals surface area contributed by atoms with Crippen LogP contribution < -0.4 is 10.6 Å². The fourth-order valence-electron chi connectivity index (χ4n) is 1.74. The van der Waals surface area contributed by atoms with Gasteiger partial charge in [0.15, 0.2) is 0 Å². The first-order valence-electron chi connectivity index (χ1n) is 6.82. The maximum absolute atomic E-state index is 11.6. The van der Waals surface area contributed by atoms with Crippen LogP contribution in [-0.2, 0) is 16.0 Å². The molecular formula is C15H20N2O4. The number of amides is 2. The molecule has 6 nitrogen and oxygen atoms in total. The Morgan fingerprint density at radius 3 is 2.24 bits per heavy atom. The van der Waals surface area contributed by atoms with Crippen molar-refractivity contribution < 1.29 is 19.5 Å². The molecular weight excluding hydrogens is 272 g/mol. The van der Waals surface area contributed by atoms with Crippen LogP contribution in [-0.4, -0.2) is 36.0 Å². The summed E-state index contributed by atoms with van der Waals surface area (Å²) < 4.78 is 0. The maximum atomic E-state index is 11.6. The third kappa shape index (κ3) is 7.10. The zero-order valence-electron chi connectivity index (χ0n) is 12.0. The van der Waals surface area contributed by atoms with Crippen LogP contribution in [0.4, 0.5) is 0 Å². The van der Waals surface area contributed by atoms with E-state index < -0.39 is 5.97 Å². The molecule has 21 heavy (non-hydrogen) atoms. The minimum absolute atomic E-state index is 0.0554. The molecule has 0 radical (unpaired) electrons. The van der Waals surface area contributed by atoms with Crippen molar-refractivity contribution in [1.82, 2.24) is 10.6 Å². The van der Waals surface area contributed by atoms with E-state index in [2.05, 4.69) is 10.6 Å². The lowest BCUT2D eigenvalue weighted by molar-refractivity contribution is -0.121. The van der Waals surface area contributed by atoms with E-state index in [0.717, 1.165) is 5.56 Å². The van der Waals surface area contributed by atoms with E-state index in [1.54, 1.807) is 12.1 Å².